The highest BCUT2D eigenvalue weighted by Gasteiger charge is 2.44. The average Bonchev–Trinajstić information content (AvgIpc) is 3.26. The first-order valence-electron chi connectivity index (χ1n) is 8.54. The largest absolute Gasteiger partial charge is 0.346 e. The topological polar surface area (TPSA) is 60.1 Å². The minimum atomic E-state index is -2.88. The van der Waals surface area contributed by atoms with Gasteiger partial charge in [-0.25, -0.2) is 22.6 Å². The van der Waals surface area contributed by atoms with E-state index in [1.54, 1.807) is 0 Å². The van der Waals surface area contributed by atoms with Crippen LogP contribution in [0, 0.1) is 5.82 Å². The molecule has 1 atom stereocenters. The fourth-order valence-corrected chi connectivity index (χ4v) is 3.83. The quantitative estimate of drug-likeness (QED) is 0.794. The summed E-state index contributed by atoms with van der Waals surface area (Å²) < 4.78 is 42.6. The van der Waals surface area contributed by atoms with E-state index in [0.717, 1.165) is 4.90 Å². The highest BCUT2D eigenvalue weighted by Crippen LogP contribution is 2.31. The number of nitrogens with zero attached hydrogens (tertiary/aromatic N) is 4. The van der Waals surface area contributed by atoms with Crippen LogP contribution in [0.25, 0.3) is 0 Å². The van der Waals surface area contributed by atoms with E-state index >= 15 is 0 Å². The average molecular weight is 401 g/mol. The Hall–Kier alpha value is -2.29. The number of fused-ring (bicyclic) bond motifs is 1. The summed E-state index contributed by atoms with van der Waals surface area (Å²) in [4.78, 5) is 26.5. The highest BCUT2D eigenvalue weighted by atomic mass is 35.5. The second kappa shape index (κ2) is 6.40. The molecule has 6 nitrogen and oxygen atoms in total. The number of hydrogen-bond donors (Lipinski definition) is 0. The van der Waals surface area contributed by atoms with Gasteiger partial charge in [0.25, 0.3) is 5.92 Å². The molecule has 10 heteroatoms. The van der Waals surface area contributed by atoms with Crippen LogP contribution in [0.1, 0.15) is 30.3 Å². The summed E-state index contributed by atoms with van der Waals surface area (Å²) in [5.41, 5.74) is 0.0922. The van der Waals surface area contributed by atoms with Gasteiger partial charge in [-0.3, -0.25) is 9.36 Å². The third-order valence-corrected chi connectivity index (χ3v) is 5.27. The number of aromatic nitrogens is 3. The number of alkyl halides is 2. The van der Waals surface area contributed by atoms with Crippen LogP contribution in [0.4, 0.5) is 13.2 Å². The first-order chi connectivity index (χ1) is 12.7. The molecule has 1 saturated heterocycles. The van der Waals surface area contributed by atoms with Crippen molar-refractivity contribution in [2.75, 3.05) is 13.1 Å². The van der Waals surface area contributed by atoms with Crippen molar-refractivity contribution < 1.29 is 18.0 Å². The van der Waals surface area contributed by atoms with Gasteiger partial charge in [-0.15, -0.1) is 0 Å². The first-order valence-corrected chi connectivity index (χ1v) is 8.92. The Morgan fingerprint density at radius 3 is 2.81 bits per heavy atom. The van der Waals surface area contributed by atoms with Crippen molar-refractivity contribution in [1.29, 1.82) is 0 Å². The molecule has 4 rings (SSSR count). The molecule has 27 heavy (non-hydrogen) atoms. The number of likely N-dealkylation sites (tertiary alicyclic amines) is 1. The van der Waals surface area contributed by atoms with Gasteiger partial charge in [0, 0.05) is 19.4 Å². The lowest BCUT2D eigenvalue weighted by molar-refractivity contribution is -0.135. The molecule has 0 bridgehead atoms. The third-order valence-electron chi connectivity index (χ3n) is 4.98. The molecule has 0 N–H and O–H groups in total. The van der Waals surface area contributed by atoms with Gasteiger partial charge in [0.1, 0.15) is 17.7 Å². The number of halogens is 4. The molecule has 3 heterocycles. The van der Waals surface area contributed by atoms with Gasteiger partial charge < -0.3 is 4.90 Å². The number of amides is 1. The molecule has 144 valence electrons. The second-order valence-corrected chi connectivity index (χ2v) is 7.30. The van der Waals surface area contributed by atoms with Crippen molar-refractivity contribution in [3.63, 3.8) is 0 Å². The summed E-state index contributed by atoms with van der Waals surface area (Å²) in [6.07, 6.45) is 0.409. The lowest BCUT2D eigenvalue weighted by atomic mass is 10.2. The molecule has 2 aliphatic heterocycles. The Balaban J connectivity index is 1.58. The van der Waals surface area contributed by atoms with E-state index in [4.69, 9.17) is 11.6 Å². The molecule has 1 amide bonds. The molecule has 0 spiro atoms. The lowest BCUT2D eigenvalue weighted by Gasteiger charge is -2.20. The molecule has 0 aliphatic carbocycles. The Morgan fingerprint density at radius 1 is 1.37 bits per heavy atom. The van der Waals surface area contributed by atoms with E-state index in [1.165, 1.54) is 27.4 Å². The summed E-state index contributed by atoms with van der Waals surface area (Å²) in [6.45, 7) is -0.565. The maximum atomic E-state index is 13.4. The van der Waals surface area contributed by atoms with E-state index in [9.17, 15) is 22.8 Å². The molecule has 2 aromatic rings. The van der Waals surface area contributed by atoms with Crippen molar-refractivity contribution in [2.24, 2.45) is 0 Å². The molecule has 0 radical (unpaired) electrons. The standard InChI is InChI=1S/C17H16ClF3N4O2/c18-11-7-10(1-2-12(11)19)8-24-16(27)25-13(3-4-14(25)22-24)15(26)23-6-5-17(20,21)9-23/h1-2,7,13H,3-6,8-9H2. The number of hydrogen-bond acceptors (Lipinski definition) is 3. The number of aryl methyl sites for hydroxylation is 1. The minimum Gasteiger partial charge on any atom is -0.335 e. The van der Waals surface area contributed by atoms with E-state index in [-0.39, 0.29) is 24.5 Å². The van der Waals surface area contributed by atoms with Gasteiger partial charge in [-0.1, -0.05) is 17.7 Å². The van der Waals surface area contributed by atoms with Gasteiger partial charge in [-0.2, -0.15) is 5.10 Å². The van der Waals surface area contributed by atoms with E-state index in [0.29, 0.717) is 24.2 Å². The van der Waals surface area contributed by atoms with Crippen LogP contribution in [-0.4, -0.2) is 44.2 Å². The van der Waals surface area contributed by atoms with Gasteiger partial charge in [-0.05, 0) is 24.1 Å². The Labute approximate surface area is 157 Å². The lowest BCUT2D eigenvalue weighted by Crippen LogP contribution is -2.39. The fraction of sp³-hybridized carbons (Fsp3) is 0.471. The zero-order valence-electron chi connectivity index (χ0n) is 14.2. The van der Waals surface area contributed by atoms with Crippen LogP contribution in [0.2, 0.25) is 5.02 Å². The number of rotatable bonds is 3. The Morgan fingerprint density at radius 2 is 2.15 bits per heavy atom. The summed E-state index contributed by atoms with van der Waals surface area (Å²) >= 11 is 5.76. The number of carbonyl (C=O) groups excluding carboxylic acids is 1. The van der Waals surface area contributed by atoms with Crippen LogP contribution in [0.5, 0.6) is 0 Å². The molecule has 1 aromatic heterocycles. The van der Waals surface area contributed by atoms with E-state index in [2.05, 4.69) is 5.10 Å². The summed E-state index contributed by atoms with van der Waals surface area (Å²) in [5.74, 6) is -3.48. The Bertz CT molecular complexity index is 972. The zero-order valence-corrected chi connectivity index (χ0v) is 14.9. The second-order valence-electron chi connectivity index (χ2n) is 6.90. The summed E-state index contributed by atoms with van der Waals surface area (Å²) in [7, 11) is 0. The molecule has 1 aromatic carbocycles. The molecule has 1 fully saturated rings. The SMILES string of the molecule is O=C(C1CCc2nn(Cc3ccc(F)c(Cl)c3)c(=O)n21)N1CCC(F)(F)C1. The van der Waals surface area contributed by atoms with Crippen LogP contribution >= 0.6 is 11.6 Å². The maximum absolute atomic E-state index is 13.4. The van der Waals surface area contributed by atoms with Crippen LogP contribution in [0.15, 0.2) is 23.0 Å². The highest BCUT2D eigenvalue weighted by molar-refractivity contribution is 6.30. The van der Waals surface area contributed by atoms with Crippen LogP contribution in [-0.2, 0) is 17.8 Å². The minimum absolute atomic E-state index is 0.0192. The Kier molecular flexibility index (Phi) is 4.29. The molecular formula is C17H16ClF3N4O2. The van der Waals surface area contributed by atoms with Crippen molar-refractivity contribution >= 4 is 17.5 Å². The smallest absolute Gasteiger partial charge is 0.335 e. The monoisotopic (exact) mass is 400 g/mol. The van der Waals surface area contributed by atoms with E-state index in [1.807, 2.05) is 0 Å². The summed E-state index contributed by atoms with van der Waals surface area (Å²) in [5, 5.41) is 4.18. The molecule has 1 unspecified atom stereocenters. The predicted molar refractivity (Wildman–Crippen MR) is 90.5 cm³/mol. The molecule has 2 aliphatic rings. The van der Waals surface area contributed by atoms with Gasteiger partial charge in [0.05, 0.1) is 18.1 Å². The van der Waals surface area contributed by atoms with Crippen LogP contribution < -0.4 is 5.69 Å². The molecular weight excluding hydrogens is 385 g/mol. The van der Waals surface area contributed by atoms with Gasteiger partial charge >= 0.3 is 5.69 Å². The normalized spacial score (nSPS) is 20.9. The van der Waals surface area contributed by atoms with Crippen molar-refractivity contribution in [3.05, 3.63) is 50.9 Å². The van der Waals surface area contributed by atoms with Gasteiger partial charge in [0.15, 0.2) is 0 Å². The number of carbonyl (C=O) groups is 1. The fourth-order valence-electron chi connectivity index (χ4n) is 3.63. The maximum Gasteiger partial charge on any atom is 0.346 e. The van der Waals surface area contributed by atoms with Crippen molar-refractivity contribution in [1.82, 2.24) is 19.2 Å². The van der Waals surface area contributed by atoms with Crippen molar-refractivity contribution in [2.45, 2.75) is 37.8 Å². The van der Waals surface area contributed by atoms with Crippen molar-refractivity contribution in [3.8, 4) is 0 Å². The van der Waals surface area contributed by atoms with Crippen LogP contribution in [0.3, 0.4) is 0 Å². The number of benzene rings is 1. The van der Waals surface area contributed by atoms with Gasteiger partial charge in [0.2, 0.25) is 5.91 Å². The summed E-state index contributed by atoms with van der Waals surface area (Å²) in [6, 6.07) is 3.29. The molecule has 0 saturated carbocycles. The first kappa shape index (κ1) is 18.1. The zero-order chi connectivity index (χ0) is 19.3. The predicted octanol–water partition coefficient (Wildman–Crippen LogP) is 2.24. The third kappa shape index (κ3) is 3.24. The van der Waals surface area contributed by atoms with E-state index < -0.39 is 35.9 Å².